The summed E-state index contributed by atoms with van der Waals surface area (Å²) in [5, 5.41) is 0. The summed E-state index contributed by atoms with van der Waals surface area (Å²) in [5.41, 5.74) is 1.24. The van der Waals surface area contributed by atoms with Crippen LogP contribution in [0.5, 0.6) is 0 Å². The van der Waals surface area contributed by atoms with Crippen molar-refractivity contribution < 1.29 is 47.6 Å². The van der Waals surface area contributed by atoms with Crippen molar-refractivity contribution in [3.05, 3.63) is 108 Å². The summed E-state index contributed by atoms with van der Waals surface area (Å²) in [6.07, 6.45) is -6.73. The fraction of sp³-hybridized carbons (Fsp3) is 0.333. The van der Waals surface area contributed by atoms with Crippen LogP contribution in [0.25, 0.3) is 0 Å². The molecule has 0 spiro atoms. The van der Waals surface area contributed by atoms with Gasteiger partial charge in [-0.15, -0.1) is 0 Å². The van der Waals surface area contributed by atoms with Crippen molar-refractivity contribution in [1.29, 1.82) is 0 Å². The minimum atomic E-state index is -1.49. The monoisotopic (exact) mass is 590 g/mol. The summed E-state index contributed by atoms with van der Waals surface area (Å²) in [4.78, 5) is 48.6. The van der Waals surface area contributed by atoms with Crippen LogP contribution in [-0.2, 0) is 53.2 Å². The number of hydrogen-bond donors (Lipinski definition) is 0. The Labute approximate surface area is 249 Å². The zero-order valence-corrected chi connectivity index (χ0v) is 24.3. The number of benzene rings is 3. The Balaban J connectivity index is 1.83. The van der Waals surface area contributed by atoms with E-state index in [2.05, 4.69) is 0 Å². The fourth-order valence-electron chi connectivity index (χ4n) is 5.22. The molecule has 1 aliphatic heterocycles. The van der Waals surface area contributed by atoms with Crippen molar-refractivity contribution in [1.82, 2.24) is 0 Å². The van der Waals surface area contributed by atoms with Gasteiger partial charge in [-0.05, 0) is 16.7 Å². The third-order valence-electron chi connectivity index (χ3n) is 6.78. The summed E-state index contributed by atoms with van der Waals surface area (Å²) in [6, 6.07) is 28.7. The van der Waals surface area contributed by atoms with E-state index >= 15 is 0 Å². The Bertz CT molecular complexity index is 1300. The molecule has 1 aliphatic rings. The molecule has 0 radical (unpaired) electrons. The number of ether oxygens (including phenoxy) is 6. The molecular weight excluding hydrogens is 556 g/mol. The molecule has 3 aromatic carbocycles. The highest BCUT2D eigenvalue weighted by Crippen LogP contribution is 2.41. The van der Waals surface area contributed by atoms with Gasteiger partial charge in [-0.2, -0.15) is 0 Å². The molecule has 0 aliphatic carbocycles. The third-order valence-corrected chi connectivity index (χ3v) is 6.78. The molecule has 0 aromatic heterocycles. The van der Waals surface area contributed by atoms with E-state index in [0.717, 1.165) is 37.5 Å². The van der Waals surface area contributed by atoms with E-state index in [1.165, 1.54) is 6.92 Å². The molecule has 10 heteroatoms. The Morgan fingerprint density at radius 2 is 0.930 bits per heavy atom. The average molecular weight is 591 g/mol. The van der Waals surface area contributed by atoms with Gasteiger partial charge in [0.2, 0.25) is 12.4 Å². The fourth-order valence-corrected chi connectivity index (χ4v) is 5.22. The van der Waals surface area contributed by atoms with Crippen molar-refractivity contribution in [3.8, 4) is 0 Å². The predicted octanol–water partition coefficient (Wildman–Crippen LogP) is 4.08. The number of carbonyl (C=O) groups excluding carboxylic acids is 4. The summed E-state index contributed by atoms with van der Waals surface area (Å²) < 4.78 is 34.9. The second-order valence-corrected chi connectivity index (χ2v) is 9.96. The maximum atomic E-state index is 12.3. The summed E-state index contributed by atoms with van der Waals surface area (Å²) in [5.74, 6) is -2.93. The van der Waals surface area contributed by atoms with Gasteiger partial charge in [-0.1, -0.05) is 91.0 Å². The number of rotatable bonds is 10. The molecule has 43 heavy (non-hydrogen) atoms. The molecule has 4 rings (SSSR count). The van der Waals surface area contributed by atoms with Crippen LogP contribution in [0.3, 0.4) is 0 Å². The zero-order chi connectivity index (χ0) is 31.0. The van der Waals surface area contributed by atoms with Crippen LogP contribution in [0.4, 0.5) is 0 Å². The minimum Gasteiger partial charge on any atom is -0.456 e. The van der Waals surface area contributed by atoms with Gasteiger partial charge in [0.05, 0.1) is 6.61 Å². The van der Waals surface area contributed by atoms with Crippen LogP contribution >= 0.6 is 0 Å². The van der Waals surface area contributed by atoms with Gasteiger partial charge < -0.3 is 28.4 Å². The molecule has 1 heterocycles. The van der Waals surface area contributed by atoms with Gasteiger partial charge in [0, 0.05) is 27.7 Å². The molecule has 1 fully saturated rings. The Morgan fingerprint density at radius 3 is 1.33 bits per heavy atom. The second-order valence-electron chi connectivity index (χ2n) is 9.96. The van der Waals surface area contributed by atoms with Crippen molar-refractivity contribution in [2.45, 2.75) is 64.0 Å². The molecular formula is C33H34O10. The molecule has 3 aromatic rings. The lowest BCUT2D eigenvalue weighted by molar-refractivity contribution is -0.303. The number of hydrogen-bond acceptors (Lipinski definition) is 10. The van der Waals surface area contributed by atoms with Crippen LogP contribution in [-0.4, -0.2) is 61.2 Å². The third kappa shape index (κ3) is 7.46. The number of carbonyl (C=O) groups is 4. The Hall–Kier alpha value is -4.54. The molecule has 0 bridgehead atoms. The normalized spacial score (nSPS) is 21.7. The molecule has 0 unspecified atom stereocenters. The van der Waals surface area contributed by atoms with Gasteiger partial charge in [-0.3, -0.25) is 19.2 Å². The van der Waals surface area contributed by atoms with Crippen LogP contribution in [0.2, 0.25) is 0 Å². The van der Waals surface area contributed by atoms with E-state index < -0.39 is 60.2 Å². The van der Waals surface area contributed by atoms with Crippen LogP contribution in [0.15, 0.2) is 91.0 Å². The molecule has 226 valence electrons. The first-order valence-electron chi connectivity index (χ1n) is 13.8. The lowest BCUT2D eigenvalue weighted by Crippen LogP contribution is -2.63. The number of esters is 4. The van der Waals surface area contributed by atoms with E-state index in [1.54, 1.807) is 0 Å². The Kier molecular flexibility index (Phi) is 10.3. The topological polar surface area (TPSA) is 124 Å². The molecule has 10 nitrogen and oxygen atoms in total. The van der Waals surface area contributed by atoms with Crippen LogP contribution < -0.4 is 0 Å². The average Bonchev–Trinajstić information content (AvgIpc) is 2.97. The first-order valence-corrected chi connectivity index (χ1v) is 13.8. The molecule has 5 atom stereocenters. The molecule has 0 N–H and O–H groups in total. The molecule has 0 saturated carbocycles. The highest BCUT2D eigenvalue weighted by Gasteiger charge is 2.54. The van der Waals surface area contributed by atoms with Gasteiger partial charge in [0.15, 0.2) is 12.2 Å². The predicted molar refractivity (Wildman–Crippen MR) is 152 cm³/mol. The lowest BCUT2D eigenvalue weighted by atomic mass is 9.80. The maximum Gasteiger partial charge on any atom is 0.305 e. The largest absolute Gasteiger partial charge is 0.456 e. The zero-order valence-electron chi connectivity index (χ0n) is 24.3. The van der Waals surface area contributed by atoms with Crippen molar-refractivity contribution in [2.75, 3.05) is 6.61 Å². The summed E-state index contributed by atoms with van der Waals surface area (Å²) in [6.45, 7) is 4.40. The smallest absolute Gasteiger partial charge is 0.305 e. The quantitative estimate of drug-likeness (QED) is 0.194. The summed E-state index contributed by atoms with van der Waals surface area (Å²) in [7, 11) is 0. The Morgan fingerprint density at radius 1 is 0.558 bits per heavy atom. The van der Waals surface area contributed by atoms with E-state index in [1.807, 2.05) is 91.0 Å². The summed E-state index contributed by atoms with van der Waals surface area (Å²) >= 11 is 0. The standard InChI is InChI=1S/C33H34O10/c1-21(34)39-29-28(43-32(42-24(4)37)31(41-23(3)36)30(29)40-22(2)35)20-38-33(25-14-8-5-9-15-25,26-16-10-6-11-17-26)27-18-12-7-13-19-27/h5-19,28-32H,20H2,1-4H3/t28-,29+,30+,31+,32+/m0/s1. The van der Waals surface area contributed by atoms with E-state index in [-0.39, 0.29) is 6.61 Å². The van der Waals surface area contributed by atoms with Crippen molar-refractivity contribution in [2.24, 2.45) is 0 Å². The van der Waals surface area contributed by atoms with Crippen LogP contribution in [0.1, 0.15) is 44.4 Å². The first kappa shape index (κ1) is 31.4. The van der Waals surface area contributed by atoms with Crippen molar-refractivity contribution in [3.63, 3.8) is 0 Å². The van der Waals surface area contributed by atoms with Gasteiger partial charge in [-0.25, -0.2) is 0 Å². The van der Waals surface area contributed by atoms with Crippen LogP contribution in [0, 0.1) is 0 Å². The SMILES string of the molecule is CC(=O)O[C@@H]1O[C@@H](COC(c2ccccc2)(c2ccccc2)c2ccccc2)[C@@H](OC(C)=O)[C@@H](OC(C)=O)[C@H]1OC(C)=O. The van der Waals surface area contributed by atoms with E-state index in [0.29, 0.717) is 0 Å². The van der Waals surface area contributed by atoms with E-state index in [4.69, 9.17) is 28.4 Å². The minimum absolute atomic E-state index is 0.237. The maximum absolute atomic E-state index is 12.3. The van der Waals surface area contributed by atoms with Gasteiger partial charge >= 0.3 is 23.9 Å². The second kappa shape index (κ2) is 14.1. The molecule has 0 amide bonds. The van der Waals surface area contributed by atoms with Crippen molar-refractivity contribution >= 4 is 23.9 Å². The highest BCUT2D eigenvalue weighted by atomic mass is 16.7. The van der Waals surface area contributed by atoms with E-state index in [9.17, 15) is 19.2 Å². The molecule has 1 saturated heterocycles. The lowest BCUT2D eigenvalue weighted by Gasteiger charge is -2.45. The highest BCUT2D eigenvalue weighted by molar-refractivity contribution is 5.69. The van der Waals surface area contributed by atoms with Gasteiger partial charge in [0.1, 0.15) is 11.7 Å². The first-order chi connectivity index (χ1) is 20.6. The van der Waals surface area contributed by atoms with Gasteiger partial charge in [0.25, 0.3) is 0 Å².